The number of carbonyl (C=O) groups is 1. The Morgan fingerprint density at radius 2 is 2.14 bits per heavy atom. The summed E-state index contributed by atoms with van der Waals surface area (Å²) in [5, 5.41) is 10.5. The van der Waals surface area contributed by atoms with Gasteiger partial charge in [0.2, 0.25) is 0 Å². The molecule has 0 radical (unpaired) electrons. The van der Waals surface area contributed by atoms with Crippen LogP contribution in [0.5, 0.6) is 0 Å². The van der Waals surface area contributed by atoms with Gasteiger partial charge in [0.25, 0.3) is 5.69 Å². The third-order valence-electron chi connectivity index (χ3n) is 1.73. The summed E-state index contributed by atoms with van der Waals surface area (Å²) in [6.45, 7) is 1.37. The van der Waals surface area contributed by atoms with Crippen LogP contribution in [0.4, 0.5) is 11.4 Å². The zero-order valence-corrected chi connectivity index (χ0v) is 8.87. The van der Waals surface area contributed by atoms with E-state index in [1.807, 2.05) is 0 Å². The maximum atomic E-state index is 11.0. The van der Waals surface area contributed by atoms with Crippen LogP contribution in [-0.4, -0.2) is 10.7 Å². The quantitative estimate of drug-likeness (QED) is 0.381. The lowest BCUT2D eigenvalue weighted by Crippen LogP contribution is -2.01. The molecule has 1 rings (SSSR count). The Balaban J connectivity index is 3.41. The van der Waals surface area contributed by atoms with E-state index in [9.17, 15) is 14.9 Å². The lowest BCUT2D eigenvalue weighted by atomic mass is 10.1. The molecule has 0 aliphatic heterocycles. The Kier molecular flexibility index (Phi) is 2.85. The van der Waals surface area contributed by atoms with Gasteiger partial charge in [-0.2, -0.15) is 0 Å². The Morgan fingerprint density at radius 1 is 1.57 bits per heavy atom. The average Bonchev–Trinajstić information content (AvgIpc) is 2.08. The number of carbonyl (C=O) groups excluding carboxylic acids is 1. The fourth-order valence-corrected chi connectivity index (χ4v) is 1.63. The molecule has 0 aliphatic rings. The number of Topliss-reactive ketones (excluding diaryl/α,β-unsaturated/α-hetero) is 1. The van der Waals surface area contributed by atoms with E-state index >= 15 is 0 Å². The average molecular weight is 259 g/mol. The molecule has 0 aliphatic carbocycles. The van der Waals surface area contributed by atoms with Crippen LogP contribution in [-0.2, 0) is 0 Å². The molecule has 0 heterocycles. The van der Waals surface area contributed by atoms with Gasteiger partial charge in [-0.25, -0.2) is 0 Å². The molecule has 14 heavy (non-hydrogen) atoms. The van der Waals surface area contributed by atoms with Gasteiger partial charge >= 0.3 is 0 Å². The van der Waals surface area contributed by atoms with Gasteiger partial charge in [-0.3, -0.25) is 14.9 Å². The van der Waals surface area contributed by atoms with Crippen molar-refractivity contribution < 1.29 is 9.72 Å². The predicted molar refractivity (Wildman–Crippen MR) is 55.2 cm³/mol. The highest BCUT2D eigenvalue weighted by molar-refractivity contribution is 9.10. The highest BCUT2D eigenvalue weighted by Gasteiger charge is 2.18. The first kappa shape index (κ1) is 10.6. The standard InChI is InChI=1S/C8H7BrN2O3/c1-4(12)5-2-3-6(11(13)14)8(10)7(5)9/h2-3H,10H2,1H3. The van der Waals surface area contributed by atoms with Crippen molar-refractivity contribution in [2.75, 3.05) is 5.73 Å². The van der Waals surface area contributed by atoms with E-state index in [-0.39, 0.29) is 21.6 Å². The lowest BCUT2D eigenvalue weighted by molar-refractivity contribution is -0.384. The third kappa shape index (κ3) is 1.74. The molecular formula is C8H7BrN2O3. The number of benzene rings is 1. The minimum Gasteiger partial charge on any atom is -0.392 e. The molecule has 1 aromatic rings. The molecule has 0 unspecified atom stereocenters. The molecule has 0 spiro atoms. The number of hydrogen-bond acceptors (Lipinski definition) is 4. The number of nitrogen functional groups attached to an aromatic ring is 1. The highest BCUT2D eigenvalue weighted by atomic mass is 79.9. The van der Waals surface area contributed by atoms with Gasteiger partial charge in [-0.15, -0.1) is 0 Å². The molecule has 2 N–H and O–H groups in total. The molecule has 0 saturated heterocycles. The van der Waals surface area contributed by atoms with Gasteiger partial charge in [0.05, 0.1) is 9.40 Å². The number of ketones is 1. The topological polar surface area (TPSA) is 86.2 Å². The van der Waals surface area contributed by atoms with E-state index in [0.717, 1.165) is 0 Å². The summed E-state index contributed by atoms with van der Waals surface area (Å²) >= 11 is 3.05. The summed E-state index contributed by atoms with van der Waals surface area (Å²) in [6.07, 6.45) is 0. The molecule has 6 heteroatoms. The Labute approximate surface area is 88.2 Å². The van der Waals surface area contributed by atoms with Gasteiger partial charge in [0, 0.05) is 11.6 Å². The van der Waals surface area contributed by atoms with Crippen LogP contribution < -0.4 is 5.73 Å². The minimum atomic E-state index is -0.593. The Hall–Kier alpha value is -1.43. The van der Waals surface area contributed by atoms with Crippen molar-refractivity contribution in [3.05, 3.63) is 32.3 Å². The smallest absolute Gasteiger partial charge is 0.293 e. The lowest BCUT2D eigenvalue weighted by Gasteiger charge is -2.03. The van der Waals surface area contributed by atoms with Crippen molar-refractivity contribution in [1.29, 1.82) is 0 Å². The normalized spacial score (nSPS) is 9.86. The number of halogens is 1. The van der Waals surface area contributed by atoms with Crippen LogP contribution in [0, 0.1) is 10.1 Å². The first-order chi connectivity index (χ1) is 6.45. The number of hydrogen-bond donors (Lipinski definition) is 1. The largest absolute Gasteiger partial charge is 0.392 e. The highest BCUT2D eigenvalue weighted by Crippen LogP contribution is 2.32. The minimum absolute atomic E-state index is 0.0253. The van der Waals surface area contributed by atoms with Crippen molar-refractivity contribution in [1.82, 2.24) is 0 Å². The second kappa shape index (κ2) is 3.75. The van der Waals surface area contributed by atoms with Crippen molar-refractivity contribution in [3.8, 4) is 0 Å². The van der Waals surface area contributed by atoms with Crippen LogP contribution in [0.25, 0.3) is 0 Å². The van der Waals surface area contributed by atoms with E-state index in [2.05, 4.69) is 15.9 Å². The number of rotatable bonds is 2. The fourth-order valence-electron chi connectivity index (χ4n) is 1.01. The SMILES string of the molecule is CC(=O)c1ccc([N+](=O)[O-])c(N)c1Br. The van der Waals surface area contributed by atoms with Crippen molar-refractivity contribution >= 4 is 33.1 Å². The summed E-state index contributed by atoms with van der Waals surface area (Å²) in [6, 6.07) is 2.59. The first-order valence-corrected chi connectivity index (χ1v) is 4.47. The first-order valence-electron chi connectivity index (χ1n) is 3.68. The molecular weight excluding hydrogens is 252 g/mol. The molecule has 0 fully saturated rings. The van der Waals surface area contributed by atoms with E-state index in [1.54, 1.807) is 0 Å². The van der Waals surface area contributed by atoms with Crippen molar-refractivity contribution in [3.63, 3.8) is 0 Å². The second-order valence-electron chi connectivity index (χ2n) is 2.67. The zero-order chi connectivity index (χ0) is 10.9. The third-order valence-corrected chi connectivity index (χ3v) is 2.59. The number of nitrogens with zero attached hydrogens (tertiary/aromatic N) is 1. The molecule has 1 aromatic carbocycles. The molecule has 0 saturated carbocycles. The van der Waals surface area contributed by atoms with E-state index in [1.165, 1.54) is 19.1 Å². The van der Waals surface area contributed by atoms with Gasteiger partial charge in [-0.05, 0) is 28.9 Å². The summed E-state index contributed by atoms with van der Waals surface area (Å²) in [5.74, 6) is -0.196. The fraction of sp³-hybridized carbons (Fsp3) is 0.125. The van der Waals surface area contributed by atoms with Crippen LogP contribution in [0.2, 0.25) is 0 Å². The van der Waals surface area contributed by atoms with Crippen LogP contribution in [0.3, 0.4) is 0 Å². The molecule has 0 amide bonds. The van der Waals surface area contributed by atoms with Crippen LogP contribution >= 0.6 is 15.9 Å². The summed E-state index contributed by atoms with van der Waals surface area (Å²) in [4.78, 5) is 20.9. The van der Waals surface area contributed by atoms with Crippen molar-refractivity contribution in [2.45, 2.75) is 6.92 Å². The van der Waals surface area contributed by atoms with E-state index < -0.39 is 4.92 Å². The van der Waals surface area contributed by atoms with Gasteiger partial charge in [-0.1, -0.05) is 0 Å². The number of anilines is 1. The summed E-state index contributed by atoms with van der Waals surface area (Å²) < 4.78 is 0.277. The van der Waals surface area contributed by atoms with E-state index in [4.69, 9.17) is 5.73 Å². The maximum Gasteiger partial charge on any atom is 0.293 e. The molecule has 0 bridgehead atoms. The van der Waals surface area contributed by atoms with Gasteiger partial charge in [0.1, 0.15) is 5.69 Å². The van der Waals surface area contributed by atoms with Gasteiger partial charge in [0.15, 0.2) is 5.78 Å². The molecule has 0 aromatic heterocycles. The number of nitro benzene ring substituents is 1. The zero-order valence-electron chi connectivity index (χ0n) is 7.28. The monoisotopic (exact) mass is 258 g/mol. The predicted octanol–water partition coefficient (Wildman–Crippen LogP) is 2.14. The van der Waals surface area contributed by atoms with E-state index in [0.29, 0.717) is 5.56 Å². The Morgan fingerprint density at radius 3 is 2.57 bits per heavy atom. The molecule has 0 atom stereocenters. The molecule has 5 nitrogen and oxygen atoms in total. The summed E-state index contributed by atoms with van der Waals surface area (Å²) in [5.41, 5.74) is 5.59. The van der Waals surface area contributed by atoms with Crippen molar-refractivity contribution in [2.24, 2.45) is 0 Å². The second-order valence-corrected chi connectivity index (χ2v) is 3.47. The summed E-state index contributed by atoms with van der Waals surface area (Å²) in [7, 11) is 0. The Bertz CT molecular complexity index is 378. The number of nitrogens with two attached hydrogens (primary N) is 1. The molecule has 74 valence electrons. The van der Waals surface area contributed by atoms with Gasteiger partial charge < -0.3 is 5.73 Å². The maximum absolute atomic E-state index is 11.0. The van der Waals surface area contributed by atoms with Crippen LogP contribution in [0.15, 0.2) is 16.6 Å². The van der Waals surface area contributed by atoms with Crippen LogP contribution in [0.1, 0.15) is 17.3 Å². The number of nitro groups is 1.